The topological polar surface area (TPSA) is 107 Å². The number of aromatic nitrogens is 2. The first-order valence-electron chi connectivity index (χ1n) is 5.78. The van der Waals surface area contributed by atoms with Gasteiger partial charge in [0.25, 0.3) is 5.91 Å². The van der Waals surface area contributed by atoms with E-state index in [2.05, 4.69) is 15.3 Å². The number of nitrogens with two attached hydrogens (primary N) is 2. The molecule has 0 bridgehead atoms. The number of nitrogens with one attached hydrogen (secondary N) is 1. The van der Waals surface area contributed by atoms with Crippen LogP contribution in [0.2, 0.25) is 0 Å². The third-order valence-electron chi connectivity index (χ3n) is 2.72. The van der Waals surface area contributed by atoms with E-state index < -0.39 is 5.91 Å². The molecule has 6 nitrogen and oxygen atoms in total. The molecule has 0 radical (unpaired) electrons. The van der Waals surface area contributed by atoms with Crippen molar-refractivity contribution in [3.63, 3.8) is 0 Å². The van der Waals surface area contributed by atoms with E-state index >= 15 is 0 Å². The molecule has 0 aliphatic carbocycles. The maximum atomic E-state index is 11.1. The Morgan fingerprint density at radius 3 is 2.84 bits per heavy atom. The van der Waals surface area contributed by atoms with Gasteiger partial charge >= 0.3 is 0 Å². The quantitative estimate of drug-likeness (QED) is 0.759. The summed E-state index contributed by atoms with van der Waals surface area (Å²) in [4.78, 5) is 19.4. The van der Waals surface area contributed by atoms with Crippen molar-refractivity contribution in [1.82, 2.24) is 9.97 Å². The van der Waals surface area contributed by atoms with Crippen LogP contribution in [0.15, 0.2) is 30.5 Å². The van der Waals surface area contributed by atoms with E-state index in [1.54, 1.807) is 12.3 Å². The van der Waals surface area contributed by atoms with Gasteiger partial charge in [-0.15, -0.1) is 0 Å². The van der Waals surface area contributed by atoms with E-state index in [4.69, 9.17) is 11.5 Å². The number of carbonyl (C=O) groups is 1. The Kier molecular flexibility index (Phi) is 3.61. The molecule has 0 spiro atoms. The molecular weight excluding hydrogens is 242 g/mol. The number of aryl methyl sites for hydroxylation is 1. The van der Waals surface area contributed by atoms with Crippen molar-refractivity contribution >= 4 is 17.4 Å². The molecule has 2 aromatic heterocycles. The smallest absolute Gasteiger partial charge is 0.267 e. The highest BCUT2D eigenvalue weighted by Gasteiger charge is 2.07. The predicted octanol–water partition coefficient (Wildman–Crippen LogP) is 1.08. The van der Waals surface area contributed by atoms with Crippen molar-refractivity contribution in [1.29, 1.82) is 0 Å². The summed E-state index contributed by atoms with van der Waals surface area (Å²) in [5.41, 5.74) is 13.6. The minimum absolute atomic E-state index is 0.175. The summed E-state index contributed by atoms with van der Waals surface area (Å²) in [6.45, 7) is 2.45. The van der Waals surface area contributed by atoms with Crippen molar-refractivity contribution < 1.29 is 4.79 Å². The van der Waals surface area contributed by atoms with Crippen molar-refractivity contribution in [2.45, 2.75) is 13.5 Å². The fourth-order valence-corrected chi connectivity index (χ4v) is 1.62. The normalized spacial score (nSPS) is 10.2. The highest BCUT2D eigenvalue weighted by Crippen LogP contribution is 2.16. The second-order valence-corrected chi connectivity index (χ2v) is 4.12. The van der Waals surface area contributed by atoms with Gasteiger partial charge in [0.15, 0.2) is 0 Å². The van der Waals surface area contributed by atoms with E-state index in [1.807, 2.05) is 19.1 Å². The third-order valence-corrected chi connectivity index (χ3v) is 2.72. The number of nitrogen functional groups attached to an aromatic ring is 1. The van der Waals surface area contributed by atoms with Gasteiger partial charge in [0.05, 0.1) is 17.9 Å². The van der Waals surface area contributed by atoms with Crippen LogP contribution in [0.5, 0.6) is 0 Å². The molecule has 98 valence electrons. The summed E-state index contributed by atoms with van der Waals surface area (Å²) in [6, 6.07) is 6.94. The fourth-order valence-electron chi connectivity index (χ4n) is 1.62. The lowest BCUT2D eigenvalue weighted by Crippen LogP contribution is -2.15. The minimum Gasteiger partial charge on any atom is -0.396 e. The summed E-state index contributed by atoms with van der Waals surface area (Å²) >= 11 is 0. The van der Waals surface area contributed by atoms with E-state index in [0.717, 1.165) is 11.3 Å². The van der Waals surface area contributed by atoms with Crippen LogP contribution in [0.25, 0.3) is 0 Å². The van der Waals surface area contributed by atoms with E-state index in [0.29, 0.717) is 18.1 Å². The molecule has 2 heterocycles. The zero-order valence-corrected chi connectivity index (χ0v) is 10.6. The van der Waals surface area contributed by atoms with Crippen LogP contribution >= 0.6 is 0 Å². The van der Waals surface area contributed by atoms with Gasteiger partial charge in [0, 0.05) is 6.20 Å². The van der Waals surface area contributed by atoms with E-state index in [9.17, 15) is 4.79 Å². The first-order valence-corrected chi connectivity index (χ1v) is 5.78. The first kappa shape index (κ1) is 12.8. The molecule has 0 atom stereocenters. The summed E-state index contributed by atoms with van der Waals surface area (Å²) in [6.07, 6.45) is 1.72. The number of pyridine rings is 2. The van der Waals surface area contributed by atoms with Crippen molar-refractivity contribution in [2.75, 3.05) is 11.1 Å². The average molecular weight is 257 g/mol. The number of rotatable bonds is 4. The lowest BCUT2D eigenvalue weighted by Gasteiger charge is -2.10. The largest absolute Gasteiger partial charge is 0.396 e. The van der Waals surface area contributed by atoms with Crippen LogP contribution in [-0.2, 0) is 6.54 Å². The SMILES string of the molecule is Cc1cccnc1CNc1nc(C(N)=O)ccc1N. The molecule has 0 aromatic carbocycles. The molecule has 0 saturated heterocycles. The van der Waals surface area contributed by atoms with Crippen LogP contribution in [0, 0.1) is 6.92 Å². The summed E-state index contributed by atoms with van der Waals surface area (Å²) < 4.78 is 0. The predicted molar refractivity (Wildman–Crippen MR) is 73.5 cm³/mol. The number of anilines is 2. The van der Waals surface area contributed by atoms with Crippen molar-refractivity contribution in [2.24, 2.45) is 5.73 Å². The molecule has 1 amide bonds. The van der Waals surface area contributed by atoms with Gasteiger partial charge in [0.1, 0.15) is 11.5 Å². The van der Waals surface area contributed by atoms with Crippen LogP contribution in [0.3, 0.4) is 0 Å². The Labute approximate surface area is 110 Å². The Hall–Kier alpha value is -2.63. The summed E-state index contributed by atoms with van der Waals surface area (Å²) in [7, 11) is 0. The van der Waals surface area contributed by atoms with E-state index in [-0.39, 0.29) is 5.69 Å². The third kappa shape index (κ3) is 2.98. The maximum absolute atomic E-state index is 11.1. The molecule has 0 saturated carbocycles. The highest BCUT2D eigenvalue weighted by molar-refractivity contribution is 5.91. The lowest BCUT2D eigenvalue weighted by molar-refractivity contribution is 0.0996. The highest BCUT2D eigenvalue weighted by atomic mass is 16.1. The fraction of sp³-hybridized carbons (Fsp3) is 0.154. The lowest BCUT2D eigenvalue weighted by atomic mass is 10.2. The Morgan fingerprint density at radius 2 is 2.16 bits per heavy atom. The van der Waals surface area contributed by atoms with Gasteiger partial charge < -0.3 is 16.8 Å². The summed E-state index contributed by atoms with van der Waals surface area (Å²) in [5, 5.41) is 3.06. The number of nitrogens with zero attached hydrogens (tertiary/aromatic N) is 2. The molecule has 19 heavy (non-hydrogen) atoms. The van der Waals surface area contributed by atoms with Crippen molar-refractivity contribution in [3.8, 4) is 0 Å². The molecular formula is C13H15N5O. The Balaban J connectivity index is 2.17. The van der Waals surface area contributed by atoms with Crippen LogP contribution < -0.4 is 16.8 Å². The molecule has 0 unspecified atom stereocenters. The second-order valence-electron chi connectivity index (χ2n) is 4.12. The number of amides is 1. The van der Waals surface area contributed by atoms with Crippen LogP contribution in [-0.4, -0.2) is 15.9 Å². The molecule has 5 N–H and O–H groups in total. The van der Waals surface area contributed by atoms with Gasteiger partial charge in [-0.2, -0.15) is 0 Å². The van der Waals surface area contributed by atoms with Crippen LogP contribution in [0.1, 0.15) is 21.7 Å². The van der Waals surface area contributed by atoms with Gasteiger partial charge in [-0.3, -0.25) is 9.78 Å². The standard InChI is InChI=1S/C13H15N5O/c1-8-3-2-6-16-11(8)7-17-13-9(14)4-5-10(18-13)12(15)19/h2-6H,7,14H2,1H3,(H2,15,19)(H,17,18). The molecule has 0 fully saturated rings. The number of hydrogen-bond acceptors (Lipinski definition) is 5. The molecule has 2 rings (SSSR count). The van der Waals surface area contributed by atoms with Gasteiger partial charge in [0.2, 0.25) is 0 Å². The molecule has 0 aliphatic rings. The Bertz CT molecular complexity index is 612. The second kappa shape index (κ2) is 5.34. The van der Waals surface area contributed by atoms with Crippen molar-refractivity contribution in [3.05, 3.63) is 47.4 Å². The molecule has 2 aromatic rings. The van der Waals surface area contributed by atoms with Gasteiger partial charge in [-0.05, 0) is 30.7 Å². The van der Waals surface area contributed by atoms with Gasteiger partial charge in [-0.25, -0.2) is 4.98 Å². The number of carbonyl (C=O) groups excluding carboxylic acids is 1. The Morgan fingerprint density at radius 1 is 1.37 bits per heavy atom. The first-order chi connectivity index (χ1) is 9.08. The molecule has 6 heteroatoms. The maximum Gasteiger partial charge on any atom is 0.267 e. The average Bonchev–Trinajstić information content (AvgIpc) is 2.39. The minimum atomic E-state index is -0.586. The zero-order valence-electron chi connectivity index (χ0n) is 10.6. The molecule has 0 aliphatic heterocycles. The number of primary amides is 1. The zero-order chi connectivity index (χ0) is 13.8. The summed E-state index contributed by atoms with van der Waals surface area (Å²) in [5.74, 6) is -0.154. The van der Waals surface area contributed by atoms with E-state index in [1.165, 1.54) is 6.07 Å². The monoisotopic (exact) mass is 257 g/mol. The van der Waals surface area contributed by atoms with Gasteiger partial charge in [-0.1, -0.05) is 6.07 Å². The number of hydrogen-bond donors (Lipinski definition) is 3. The van der Waals surface area contributed by atoms with Crippen LogP contribution in [0.4, 0.5) is 11.5 Å².